The molecule has 1 aliphatic heterocycles. The maximum absolute atomic E-state index is 13.2. The zero-order chi connectivity index (χ0) is 20.8. The quantitative estimate of drug-likeness (QED) is 0.738. The molecule has 0 saturated carbocycles. The normalized spacial score (nSPS) is 21.0. The molecule has 4 nitrogen and oxygen atoms in total. The average molecular weight is 411 g/mol. The van der Waals surface area contributed by atoms with Crippen LogP contribution in [0.5, 0.6) is 0 Å². The van der Waals surface area contributed by atoms with Crippen molar-refractivity contribution in [3.8, 4) is 0 Å². The van der Waals surface area contributed by atoms with Crippen molar-refractivity contribution in [3.63, 3.8) is 0 Å². The molecule has 29 heavy (non-hydrogen) atoms. The third kappa shape index (κ3) is 3.77. The number of halogens is 1. The Morgan fingerprint density at radius 1 is 1.21 bits per heavy atom. The number of thiophene rings is 1. The van der Waals surface area contributed by atoms with Gasteiger partial charge in [-0.25, -0.2) is 4.39 Å². The van der Waals surface area contributed by atoms with Crippen LogP contribution in [0.25, 0.3) is 0 Å². The van der Waals surface area contributed by atoms with Crippen molar-refractivity contribution >= 4 is 28.7 Å². The molecule has 1 aliphatic carbocycles. The van der Waals surface area contributed by atoms with E-state index in [9.17, 15) is 14.0 Å². The fourth-order valence-corrected chi connectivity index (χ4v) is 5.05. The molecule has 150 valence electrons. The monoisotopic (exact) mass is 410 g/mol. The zero-order valence-corrected chi connectivity index (χ0v) is 17.5. The van der Waals surface area contributed by atoms with Crippen LogP contribution in [0, 0.1) is 11.2 Å². The molecule has 1 amide bonds. The molecule has 1 aromatic heterocycles. The largest absolute Gasteiger partial charge is 0.362 e. The van der Waals surface area contributed by atoms with Crippen molar-refractivity contribution in [2.24, 2.45) is 5.41 Å². The molecular weight excluding hydrogens is 387 g/mol. The highest BCUT2D eigenvalue weighted by Crippen LogP contribution is 2.47. The molecule has 0 fully saturated rings. The van der Waals surface area contributed by atoms with Crippen LogP contribution in [0.15, 0.2) is 64.3 Å². The van der Waals surface area contributed by atoms with Gasteiger partial charge in [0, 0.05) is 39.5 Å². The van der Waals surface area contributed by atoms with E-state index in [1.807, 2.05) is 24.4 Å². The number of nitrogens with one attached hydrogen (secondary N) is 2. The van der Waals surface area contributed by atoms with Crippen LogP contribution in [0.1, 0.15) is 44.4 Å². The molecule has 2 heterocycles. The Morgan fingerprint density at radius 2 is 1.93 bits per heavy atom. The average Bonchev–Trinajstić information content (AvgIpc) is 3.15. The summed E-state index contributed by atoms with van der Waals surface area (Å²) < 4.78 is 13.2. The van der Waals surface area contributed by atoms with Crippen molar-refractivity contribution in [2.75, 3.05) is 5.32 Å². The van der Waals surface area contributed by atoms with Crippen LogP contribution in [-0.2, 0) is 9.59 Å². The van der Waals surface area contributed by atoms with Gasteiger partial charge in [0.1, 0.15) is 5.82 Å². The van der Waals surface area contributed by atoms with Crippen molar-refractivity contribution in [1.29, 1.82) is 0 Å². The third-order valence-corrected chi connectivity index (χ3v) is 6.35. The number of amides is 1. The fraction of sp³-hybridized carbons (Fsp3) is 0.304. The van der Waals surface area contributed by atoms with Crippen molar-refractivity contribution in [1.82, 2.24) is 5.32 Å². The van der Waals surface area contributed by atoms with Gasteiger partial charge in [0.2, 0.25) is 0 Å². The van der Waals surface area contributed by atoms with Gasteiger partial charge in [-0.3, -0.25) is 9.59 Å². The molecule has 0 unspecified atom stereocenters. The number of carbonyl (C=O) groups is 2. The third-order valence-electron chi connectivity index (χ3n) is 5.41. The van der Waals surface area contributed by atoms with Gasteiger partial charge >= 0.3 is 0 Å². The Kier molecular flexibility index (Phi) is 4.90. The Balaban J connectivity index is 1.75. The van der Waals surface area contributed by atoms with Crippen LogP contribution in [-0.4, -0.2) is 11.7 Å². The summed E-state index contributed by atoms with van der Waals surface area (Å²) in [7, 11) is 0. The number of anilines is 1. The van der Waals surface area contributed by atoms with E-state index < -0.39 is 5.92 Å². The lowest BCUT2D eigenvalue weighted by Crippen LogP contribution is -2.39. The molecule has 0 bridgehead atoms. The minimum Gasteiger partial charge on any atom is -0.362 e. The van der Waals surface area contributed by atoms with E-state index in [0.717, 1.165) is 22.7 Å². The molecule has 1 atom stereocenters. The lowest BCUT2D eigenvalue weighted by atomic mass is 9.69. The second kappa shape index (κ2) is 7.26. The van der Waals surface area contributed by atoms with E-state index >= 15 is 0 Å². The number of hydrogen-bond donors (Lipinski definition) is 2. The van der Waals surface area contributed by atoms with E-state index in [1.54, 1.807) is 11.3 Å². The van der Waals surface area contributed by atoms with Crippen molar-refractivity contribution < 1.29 is 14.0 Å². The molecule has 0 radical (unpaired) electrons. The first kappa shape index (κ1) is 19.6. The summed E-state index contributed by atoms with van der Waals surface area (Å²) >= 11 is 1.54. The van der Waals surface area contributed by atoms with Gasteiger partial charge < -0.3 is 10.6 Å². The van der Waals surface area contributed by atoms with E-state index in [0.29, 0.717) is 23.3 Å². The number of allylic oxidation sites excluding steroid dienone is 3. The molecule has 1 aromatic carbocycles. The maximum Gasteiger partial charge on any atom is 0.254 e. The summed E-state index contributed by atoms with van der Waals surface area (Å²) in [5.41, 5.74) is 3.28. The zero-order valence-electron chi connectivity index (χ0n) is 16.6. The van der Waals surface area contributed by atoms with E-state index in [1.165, 1.54) is 24.3 Å². The SMILES string of the molecule is CC1=C(C(=O)Nc2ccc(F)cc2)[C@@H](c2cccs2)C2=C(CC(C)(C)CC2=O)N1. The van der Waals surface area contributed by atoms with Gasteiger partial charge in [-0.2, -0.15) is 0 Å². The predicted molar refractivity (Wildman–Crippen MR) is 113 cm³/mol. The van der Waals surface area contributed by atoms with E-state index in [4.69, 9.17) is 0 Å². The highest BCUT2D eigenvalue weighted by Gasteiger charge is 2.43. The predicted octanol–water partition coefficient (Wildman–Crippen LogP) is 5.13. The van der Waals surface area contributed by atoms with Gasteiger partial charge in [-0.1, -0.05) is 19.9 Å². The van der Waals surface area contributed by atoms with Gasteiger partial charge in [0.15, 0.2) is 5.78 Å². The summed E-state index contributed by atoms with van der Waals surface area (Å²) in [6, 6.07) is 9.57. The Morgan fingerprint density at radius 3 is 2.59 bits per heavy atom. The van der Waals surface area contributed by atoms with Crippen LogP contribution < -0.4 is 10.6 Å². The van der Waals surface area contributed by atoms with Crippen LogP contribution in [0.3, 0.4) is 0 Å². The number of carbonyl (C=O) groups excluding carboxylic acids is 2. The molecule has 0 spiro atoms. The lowest BCUT2D eigenvalue weighted by Gasteiger charge is -2.39. The van der Waals surface area contributed by atoms with Crippen molar-refractivity contribution in [2.45, 2.75) is 39.5 Å². The molecule has 4 rings (SSSR count). The minimum atomic E-state index is -0.393. The van der Waals surface area contributed by atoms with Crippen LogP contribution in [0.4, 0.5) is 10.1 Å². The number of ketones is 1. The number of Topliss-reactive ketones (excluding diaryl/α,β-unsaturated/α-hetero) is 1. The smallest absolute Gasteiger partial charge is 0.254 e. The lowest BCUT2D eigenvalue weighted by molar-refractivity contribution is -0.118. The van der Waals surface area contributed by atoms with Crippen molar-refractivity contribution in [3.05, 3.63) is 75.0 Å². The van der Waals surface area contributed by atoms with Gasteiger partial charge in [0.05, 0.1) is 5.92 Å². The first-order valence-corrected chi connectivity index (χ1v) is 10.5. The van der Waals surface area contributed by atoms with E-state index in [-0.39, 0.29) is 22.9 Å². The molecule has 2 aromatic rings. The standard InChI is InChI=1S/C23H23FN2O2S/c1-13-19(22(28)26-15-8-6-14(24)7-9-15)21(18-5-4-10-29-18)20-16(25-13)11-23(2,3)12-17(20)27/h4-10,21,25H,11-12H2,1-3H3,(H,26,28)/t21-/m1/s1. The van der Waals surface area contributed by atoms with Crippen LogP contribution >= 0.6 is 11.3 Å². The number of benzene rings is 1. The maximum atomic E-state index is 13.2. The summed E-state index contributed by atoms with van der Waals surface area (Å²) in [6.45, 7) is 6.05. The van der Waals surface area contributed by atoms with Gasteiger partial charge in [0.25, 0.3) is 5.91 Å². The highest BCUT2D eigenvalue weighted by atomic mass is 32.1. The Bertz CT molecular complexity index is 1030. The number of dihydropyridines is 1. The molecular formula is C23H23FN2O2S. The van der Waals surface area contributed by atoms with Gasteiger partial charge in [-0.05, 0) is 54.5 Å². The second-order valence-electron chi connectivity index (χ2n) is 8.41. The summed E-state index contributed by atoms with van der Waals surface area (Å²) in [5, 5.41) is 8.16. The topological polar surface area (TPSA) is 58.2 Å². The first-order chi connectivity index (χ1) is 13.7. The molecule has 2 aliphatic rings. The molecule has 0 saturated heterocycles. The Hall–Kier alpha value is -2.73. The van der Waals surface area contributed by atoms with E-state index in [2.05, 4.69) is 24.5 Å². The fourth-order valence-electron chi connectivity index (χ4n) is 4.21. The number of rotatable bonds is 3. The molecule has 6 heteroatoms. The number of hydrogen-bond acceptors (Lipinski definition) is 4. The van der Waals surface area contributed by atoms with Gasteiger partial charge in [-0.15, -0.1) is 11.3 Å². The molecule has 2 N–H and O–H groups in total. The van der Waals surface area contributed by atoms with Crippen LogP contribution in [0.2, 0.25) is 0 Å². The first-order valence-electron chi connectivity index (χ1n) is 9.59. The summed E-state index contributed by atoms with van der Waals surface area (Å²) in [4.78, 5) is 27.3. The second-order valence-corrected chi connectivity index (χ2v) is 9.39. The summed E-state index contributed by atoms with van der Waals surface area (Å²) in [6.07, 6.45) is 1.22. The summed E-state index contributed by atoms with van der Waals surface area (Å²) in [5.74, 6) is -0.958. The minimum absolute atomic E-state index is 0.0849. The Labute approximate surface area is 173 Å². The highest BCUT2D eigenvalue weighted by molar-refractivity contribution is 7.10.